The maximum absolute atomic E-state index is 10.9. The summed E-state index contributed by atoms with van der Waals surface area (Å²) in [5, 5.41) is 19.0. The second-order valence-corrected chi connectivity index (χ2v) is 5.51. The molecule has 7 nitrogen and oxygen atoms in total. The quantitative estimate of drug-likeness (QED) is 0.521. The topological polar surface area (TPSA) is 79.9 Å². The Morgan fingerprint density at radius 3 is 2.14 bits per heavy atom. The van der Waals surface area contributed by atoms with Gasteiger partial charge in [0.15, 0.2) is 0 Å². The fourth-order valence-electron chi connectivity index (χ4n) is 2.53. The van der Waals surface area contributed by atoms with Crippen LogP contribution in [-0.4, -0.2) is 93.5 Å². The van der Waals surface area contributed by atoms with Gasteiger partial charge in [0.05, 0.1) is 6.54 Å². The lowest BCUT2D eigenvalue weighted by Gasteiger charge is -2.24. The normalized spacial score (nSPS) is 21.8. The van der Waals surface area contributed by atoms with Crippen LogP contribution in [0.2, 0.25) is 0 Å². The number of aliphatic carboxylic acids is 1. The van der Waals surface area contributed by atoms with E-state index in [-0.39, 0.29) is 6.54 Å². The largest absolute Gasteiger partial charge is 0.480 e. The smallest absolute Gasteiger partial charge is 0.317 e. The minimum Gasteiger partial charge on any atom is -0.480 e. The molecule has 124 valence electrons. The van der Waals surface area contributed by atoms with Crippen molar-refractivity contribution in [2.75, 3.05) is 72.6 Å². The average molecular weight is 301 g/mol. The van der Waals surface area contributed by atoms with Gasteiger partial charge in [-0.2, -0.15) is 0 Å². The van der Waals surface area contributed by atoms with Gasteiger partial charge in [-0.15, -0.1) is 0 Å². The average Bonchev–Trinajstić information content (AvgIpc) is 2.44. The lowest BCUT2D eigenvalue weighted by atomic mass is 10.3. The number of hydrogen-bond acceptors (Lipinski definition) is 6. The van der Waals surface area contributed by atoms with E-state index in [1.165, 1.54) is 0 Å². The highest BCUT2D eigenvalue weighted by Crippen LogP contribution is 1.93. The first kappa shape index (κ1) is 18.3. The Kier molecular flexibility index (Phi) is 10.4. The summed E-state index contributed by atoms with van der Waals surface area (Å²) in [6, 6.07) is 0. The zero-order valence-corrected chi connectivity index (χ0v) is 13.2. The predicted octanol–water partition coefficient (Wildman–Crippen LogP) is -1.18. The van der Waals surface area contributed by atoms with Crippen LogP contribution in [0.1, 0.15) is 12.8 Å². The SMILES string of the molecule is CNCN1CCCNCCN(CC(=O)O)CCCNCC1. The molecule has 1 heterocycles. The molecule has 0 spiro atoms. The molecule has 1 rings (SSSR count). The first-order chi connectivity index (χ1) is 10.2. The van der Waals surface area contributed by atoms with Crippen molar-refractivity contribution >= 4 is 5.97 Å². The van der Waals surface area contributed by atoms with Crippen LogP contribution in [0.25, 0.3) is 0 Å². The van der Waals surface area contributed by atoms with Crippen LogP contribution in [0.3, 0.4) is 0 Å². The molecular formula is C14H31N5O2. The maximum Gasteiger partial charge on any atom is 0.317 e. The molecule has 0 aromatic rings. The molecule has 7 heteroatoms. The third-order valence-electron chi connectivity index (χ3n) is 3.61. The molecule has 1 fully saturated rings. The van der Waals surface area contributed by atoms with Crippen molar-refractivity contribution in [3.05, 3.63) is 0 Å². The second-order valence-electron chi connectivity index (χ2n) is 5.51. The Morgan fingerprint density at radius 1 is 1.00 bits per heavy atom. The van der Waals surface area contributed by atoms with E-state index in [2.05, 4.69) is 20.9 Å². The molecule has 1 aliphatic rings. The summed E-state index contributed by atoms with van der Waals surface area (Å²) < 4.78 is 0. The van der Waals surface area contributed by atoms with Crippen LogP contribution >= 0.6 is 0 Å². The highest BCUT2D eigenvalue weighted by Gasteiger charge is 2.09. The van der Waals surface area contributed by atoms with Gasteiger partial charge in [-0.05, 0) is 39.5 Å². The summed E-state index contributed by atoms with van der Waals surface area (Å²) in [5.41, 5.74) is 0. The number of nitrogens with zero attached hydrogens (tertiary/aromatic N) is 2. The van der Waals surface area contributed by atoms with Crippen molar-refractivity contribution in [2.45, 2.75) is 12.8 Å². The first-order valence-electron chi connectivity index (χ1n) is 7.95. The minimum absolute atomic E-state index is 0.137. The Morgan fingerprint density at radius 2 is 1.57 bits per heavy atom. The van der Waals surface area contributed by atoms with Crippen molar-refractivity contribution in [3.8, 4) is 0 Å². The van der Waals surface area contributed by atoms with Crippen LogP contribution < -0.4 is 16.0 Å². The molecule has 0 bridgehead atoms. The van der Waals surface area contributed by atoms with E-state index in [1.54, 1.807) is 0 Å². The number of carboxylic acid groups (broad SMARTS) is 1. The molecule has 0 saturated carbocycles. The fourth-order valence-corrected chi connectivity index (χ4v) is 2.53. The third kappa shape index (κ3) is 9.76. The molecule has 0 amide bonds. The van der Waals surface area contributed by atoms with E-state index in [4.69, 9.17) is 5.11 Å². The summed E-state index contributed by atoms with van der Waals surface area (Å²) in [5.74, 6) is -0.744. The third-order valence-corrected chi connectivity index (χ3v) is 3.61. The molecule has 0 radical (unpaired) electrons. The number of hydrogen-bond donors (Lipinski definition) is 4. The molecule has 21 heavy (non-hydrogen) atoms. The molecule has 1 saturated heterocycles. The molecule has 0 aliphatic carbocycles. The van der Waals surface area contributed by atoms with Gasteiger partial charge in [0.2, 0.25) is 0 Å². The van der Waals surface area contributed by atoms with Gasteiger partial charge in [0.1, 0.15) is 0 Å². The zero-order valence-electron chi connectivity index (χ0n) is 13.2. The monoisotopic (exact) mass is 301 g/mol. The predicted molar refractivity (Wildman–Crippen MR) is 84.5 cm³/mol. The van der Waals surface area contributed by atoms with Crippen molar-refractivity contribution in [2.24, 2.45) is 0 Å². The van der Waals surface area contributed by atoms with E-state index >= 15 is 0 Å². The Balaban J connectivity index is 2.34. The zero-order chi connectivity index (χ0) is 15.3. The lowest BCUT2D eigenvalue weighted by molar-refractivity contribution is -0.138. The van der Waals surface area contributed by atoms with Gasteiger partial charge >= 0.3 is 5.97 Å². The fraction of sp³-hybridized carbons (Fsp3) is 0.929. The summed E-state index contributed by atoms with van der Waals surface area (Å²) >= 11 is 0. The molecule has 4 N–H and O–H groups in total. The lowest BCUT2D eigenvalue weighted by Crippen LogP contribution is -2.41. The van der Waals surface area contributed by atoms with E-state index < -0.39 is 5.97 Å². The van der Waals surface area contributed by atoms with Crippen LogP contribution in [0.15, 0.2) is 0 Å². The van der Waals surface area contributed by atoms with Crippen LogP contribution in [0.4, 0.5) is 0 Å². The number of rotatable bonds is 4. The second kappa shape index (κ2) is 11.9. The van der Waals surface area contributed by atoms with Crippen molar-refractivity contribution in [1.82, 2.24) is 25.8 Å². The van der Waals surface area contributed by atoms with Crippen LogP contribution in [0, 0.1) is 0 Å². The standard InChI is InChI=1S/C14H31N5O2/c1-15-13-19-9-3-5-16-6-10-18(12-14(20)21)8-2-4-17-7-11-19/h15-17H,2-13H2,1H3,(H,20,21). The summed E-state index contributed by atoms with van der Waals surface area (Å²) in [7, 11) is 1.98. The van der Waals surface area contributed by atoms with E-state index in [9.17, 15) is 4.79 Å². The van der Waals surface area contributed by atoms with E-state index in [0.717, 1.165) is 71.9 Å². The van der Waals surface area contributed by atoms with Gasteiger partial charge in [0.25, 0.3) is 0 Å². The number of nitrogens with one attached hydrogen (secondary N) is 3. The van der Waals surface area contributed by atoms with Gasteiger partial charge in [-0.25, -0.2) is 0 Å². The summed E-state index contributed by atoms with van der Waals surface area (Å²) in [6.45, 7) is 8.57. The number of carbonyl (C=O) groups is 1. The minimum atomic E-state index is -0.744. The van der Waals surface area contributed by atoms with Gasteiger partial charge in [0, 0.05) is 39.4 Å². The van der Waals surface area contributed by atoms with Gasteiger partial charge in [-0.1, -0.05) is 0 Å². The van der Waals surface area contributed by atoms with Crippen molar-refractivity contribution in [1.29, 1.82) is 0 Å². The summed E-state index contributed by atoms with van der Waals surface area (Å²) in [6.07, 6.45) is 2.10. The molecule has 0 aromatic heterocycles. The molecule has 0 atom stereocenters. The van der Waals surface area contributed by atoms with E-state index in [1.807, 2.05) is 11.9 Å². The molecule has 1 aliphatic heterocycles. The Bertz CT molecular complexity index is 262. The van der Waals surface area contributed by atoms with Crippen LogP contribution in [-0.2, 0) is 4.79 Å². The maximum atomic E-state index is 10.9. The van der Waals surface area contributed by atoms with Crippen molar-refractivity contribution in [3.63, 3.8) is 0 Å². The molecule has 0 aromatic carbocycles. The first-order valence-corrected chi connectivity index (χ1v) is 7.95. The van der Waals surface area contributed by atoms with E-state index in [0.29, 0.717) is 0 Å². The van der Waals surface area contributed by atoms with Gasteiger partial charge < -0.3 is 21.1 Å². The highest BCUT2D eigenvalue weighted by molar-refractivity contribution is 5.69. The van der Waals surface area contributed by atoms with Gasteiger partial charge in [-0.3, -0.25) is 14.6 Å². The van der Waals surface area contributed by atoms with Crippen molar-refractivity contribution < 1.29 is 9.90 Å². The Labute approximate surface area is 128 Å². The number of carboxylic acids is 1. The molecule has 0 unspecified atom stereocenters. The summed E-state index contributed by atoms with van der Waals surface area (Å²) in [4.78, 5) is 15.3. The Hall–Kier alpha value is -0.730. The van der Waals surface area contributed by atoms with Crippen LogP contribution in [0.5, 0.6) is 0 Å². The molecular weight excluding hydrogens is 270 g/mol. The highest BCUT2D eigenvalue weighted by atomic mass is 16.4.